The zero-order valence-corrected chi connectivity index (χ0v) is 17.4. The van der Waals surface area contributed by atoms with Crippen LogP contribution in [0.3, 0.4) is 0 Å². The molecule has 31 heavy (non-hydrogen) atoms. The Bertz CT molecular complexity index is 1160. The van der Waals surface area contributed by atoms with E-state index < -0.39 is 10.0 Å². The van der Waals surface area contributed by atoms with Crippen LogP contribution in [0.1, 0.15) is 10.4 Å². The number of nitrogens with two attached hydrogens (primary N) is 1. The first-order valence-electron chi connectivity index (χ1n) is 9.57. The van der Waals surface area contributed by atoms with Gasteiger partial charge in [0.15, 0.2) is 0 Å². The molecule has 10 nitrogen and oxygen atoms in total. The van der Waals surface area contributed by atoms with E-state index in [1.54, 1.807) is 11.1 Å². The minimum atomic E-state index is -3.78. The van der Waals surface area contributed by atoms with E-state index in [0.717, 1.165) is 5.82 Å². The zero-order chi connectivity index (χ0) is 21.8. The van der Waals surface area contributed by atoms with Gasteiger partial charge in [-0.25, -0.2) is 28.5 Å². The molecule has 0 aliphatic carbocycles. The number of hydrogen-bond donors (Lipinski definition) is 2. The second-order valence-electron chi connectivity index (χ2n) is 6.95. The number of primary sulfonamides is 1. The SMILES string of the molecule is NS(=O)(=O)c1ccc(C(=O)N2CCN(c3cc(Nc4ccccn4)ncn3)CC2)cc1. The third kappa shape index (κ3) is 4.95. The fourth-order valence-corrected chi connectivity index (χ4v) is 3.78. The molecular weight excluding hydrogens is 418 g/mol. The minimum Gasteiger partial charge on any atom is -0.353 e. The molecule has 0 radical (unpaired) electrons. The van der Waals surface area contributed by atoms with Crippen LogP contribution in [0.2, 0.25) is 0 Å². The van der Waals surface area contributed by atoms with Gasteiger partial charge in [-0.2, -0.15) is 0 Å². The van der Waals surface area contributed by atoms with Crippen LogP contribution in [-0.2, 0) is 10.0 Å². The van der Waals surface area contributed by atoms with E-state index in [0.29, 0.717) is 43.4 Å². The topological polar surface area (TPSA) is 134 Å². The molecule has 1 fully saturated rings. The highest BCUT2D eigenvalue weighted by molar-refractivity contribution is 7.89. The highest BCUT2D eigenvalue weighted by Gasteiger charge is 2.23. The lowest BCUT2D eigenvalue weighted by atomic mass is 10.2. The van der Waals surface area contributed by atoms with Crippen molar-refractivity contribution < 1.29 is 13.2 Å². The van der Waals surface area contributed by atoms with Gasteiger partial charge in [0.1, 0.15) is 23.8 Å². The largest absolute Gasteiger partial charge is 0.353 e. The molecule has 160 valence electrons. The molecule has 3 aromatic rings. The lowest BCUT2D eigenvalue weighted by Crippen LogP contribution is -2.49. The number of carbonyl (C=O) groups is 1. The van der Waals surface area contributed by atoms with Crippen molar-refractivity contribution in [3.05, 3.63) is 66.6 Å². The highest BCUT2D eigenvalue weighted by atomic mass is 32.2. The number of nitrogens with one attached hydrogen (secondary N) is 1. The van der Waals surface area contributed by atoms with E-state index in [9.17, 15) is 13.2 Å². The predicted molar refractivity (Wildman–Crippen MR) is 115 cm³/mol. The first-order valence-corrected chi connectivity index (χ1v) is 11.1. The molecule has 4 rings (SSSR count). The molecule has 0 bridgehead atoms. The summed E-state index contributed by atoms with van der Waals surface area (Å²) in [6.07, 6.45) is 3.19. The van der Waals surface area contributed by atoms with Gasteiger partial charge in [-0.3, -0.25) is 4.79 Å². The third-order valence-electron chi connectivity index (χ3n) is 4.89. The summed E-state index contributed by atoms with van der Waals surface area (Å²) in [5.74, 6) is 1.94. The average molecular weight is 440 g/mol. The van der Waals surface area contributed by atoms with Crippen molar-refractivity contribution in [3.8, 4) is 0 Å². The molecule has 1 aliphatic rings. The molecular formula is C20H21N7O3S. The van der Waals surface area contributed by atoms with Crippen molar-refractivity contribution in [3.63, 3.8) is 0 Å². The van der Waals surface area contributed by atoms with Gasteiger partial charge >= 0.3 is 0 Å². The van der Waals surface area contributed by atoms with Crippen LogP contribution in [0.25, 0.3) is 0 Å². The molecule has 2 aromatic heterocycles. The quantitative estimate of drug-likeness (QED) is 0.606. The summed E-state index contributed by atoms with van der Waals surface area (Å²) in [5, 5.41) is 8.24. The van der Waals surface area contributed by atoms with Crippen molar-refractivity contribution >= 4 is 33.4 Å². The van der Waals surface area contributed by atoms with Crippen molar-refractivity contribution in [2.75, 3.05) is 36.4 Å². The van der Waals surface area contributed by atoms with Gasteiger partial charge in [0, 0.05) is 44.0 Å². The highest BCUT2D eigenvalue weighted by Crippen LogP contribution is 2.19. The Hall–Kier alpha value is -3.57. The normalized spacial score (nSPS) is 14.4. The fourth-order valence-electron chi connectivity index (χ4n) is 3.26. The number of carbonyl (C=O) groups excluding carboxylic acids is 1. The summed E-state index contributed by atoms with van der Waals surface area (Å²) in [6, 6.07) is 13.1. The molecule has 1 saturated heterocycles. The van der Waals surface area contributed by atoms with E-state index in [1.807, 2.05) is 24.3 Å². The van der Waals surface area contributed by atoms with E-state index in [1.165, 1.54) is 30.6 Å². The maximum absolute atomic E-state index is 12.7. The number of hydrogen-bond acceptors (Lipinski definition) is 8. The second kappa shape index (κ2) is 8.66. The Morgan fingerprint density at radius 1 is 0.935 bits per heavy atom. The number of piperazine rings is 1. The molecule has 0 spiro atoms. The average Bonchev–Trinajstić information content (AvgIpc) is 2.79. The Balaban J connectivity index is 1.38. The second-order valence-corrected chi connectivity index (χ2v) is 8.51. The van der Waals surface area contributed by atoms with Crippen molar-refractivity contribution in [2.24, 2.45) is 5.14 Å². The van der Waals surface area contributed by atoms with Gasteiger partial charge < -0.3 is 15.1 Å². The first kappa shape index (κ1) is 20.7. The molecule has 1 aliphatic heterocycles. The van der Waals surface area contributed by atoms with Gasteiger partial charge in [0.2, 0.25) is 10.0 Å². The Morgan fingerprint density at radius 3 is 2.32 bits per heavy atom. The standard InChI is InChI=1S/C20H21N7O3S/c21-31(29,30)16-6-4-15(5-7-16)20(28)27-11-9-26(10-12-27)19-13-18(23-14-24-19)25-17-3-1-2-8-22-17/h1-8,13-14H,9-12H2,(H2,21,29,30)(H,22,23,24,25). The fraction of sp³-hybridized carbons (Fsp3) is 0.200. The van der Waals surface area contributed by atoms with Gasteiger partial charge in [0.25, 0.3) is 5.91 Å². The summed E-state index contributed by atoms with van der Waals surface area (Å²) in [7, 11) is -3.78. The molecule has 11 heteroatoms. The molecule has 0 unspecified atom stereocenters. The molecule has 0 atom stereocenters. The van der Waals surface area contributed by atoms with Crippen LogP contribution in [0.4, 0.5) is 17.5 Å². The minimum absolute atomic E-state index is 0.0206. The first-order chi connectivity index (χ1) is 14.9. The third-order valence-corrected chi connectivity index (χ3v) is 5.82. The summed E-state index contributed by atoms with van der Waals surface area (Å²) >= 11 is 0. The predicted octanol–water partition coefficient (Wildman–Crippen LogP) is 1.22. The number of anilines is 3. The number of sulfonamides is 1. The van der Waals surface area contributed by atoms with Crippen LogP contribution >= 0.6 is 0 Å². The number of benzene rings is 1. The van der Waals surface area contributed by atoms with Crippen LogP contribution in [0.15, 0.2) is 66.0 Å². The molecule has 0 saturated carbocycles. The van der Waals surface area contributed by atoms with E-state index >= 15 is 0 Å². The lowest BCUT2D eigenvalue weighted by Gasteiger charge is -2.35. The number of aromatic nitrogens is 3. The monoisotopic (exact) mass is 439 g/mol. The number of rotatable bonds is 5. The molecule has 3 heterocycles. The molecule has 1 amide bonds. The Kier molecular flexibility index (Phi) is 5.78. The molecule has 1 aromatic carbocycles. The van der Waals surface area contributed by atoms with Gasteiger partial charge in [-0.05, 0) is 36.4 Å². The van der Waals surface area contributed by atoms with Gasteiger partial charge in [-0.15, -0.1) is 0 Å². The molecule has 3 N–H and O–H groups in total. The van der Waals surface area contributed by atoms with E-state index in [4.69, 9.17) is 5.14 Å². The zero-order valence-electron chi connectivity index (χ0n) is 16.5. The van der Waals surface area contributed by atoms with E-state index in [-0.39, 0.29) is 10.8 Å². The van der Waals surface area contributed by atoms with Crippen molar-refractivity contribution in [2.45, 2.75) is 4.90 Å². The number of amides is 1. The maximum atomic E-state index is 12.7. The lowest BCUT2D eigenvalue weighted by molar-refractivity contribution is 0.0746. The van der Waals surface area contributed by atoms with Crippen LogP contribution in [0.5, 0.6) is 0 Å². The van der Waals surface area contributed by atoms with E-state index in [2.05, 4.69) is 25.2 Å². The summed E-state index contributed by atoms with van der Waals surface area (Å²) in [5.41, 5.74) is 0.421. The maximum Gasteiger partial charge on any atom is 0.253 e. The number of pyridine rings is 1. The Labute approximate surface area is 179 Å². The van der Waals surface area contributed by atoms with Crippen LogP contribution in [0, 0.1) is 0 Å². The van der Waals surface area contributed by atoms with Crippen LogP contribution in [-0.4, -0.2) is 60.4 Å². The number of nitrogens with zero attached hydrogens (tertiary/aromatic N) is 5. The summed E-state index contributed by atoms with van der Waals surface area (Å²) in [4.78, 5) is 29.3. The van der Waals surface area contributed by atoms with Crippen LogP contribution < -0.4 is 15.4 Å². The van der Waals surface area contributed by atoms with Gasteiger partial charge in [-0.1, -0.05) is 6.07 Å². The van der Waals surface area contributed by atoms with Crippen molar-refractivity contribution in [1.82, 2.24) is 19.9 Å². The van der Waals surface area contributed by atoms with Crippen molar-refractivity contribution in [1.29, 1.82) is 0 Å². The summed E-state index contributed by atoms with van der Waals surface area (Å²) < 4.78 is 22.7. The smallest absolute Gasteiger partial charge is 0.253 e. The Morgan fingerprint density at radius 2 is 1.68 bits per heavy atom. The van der Waals surface area contributed by atoms with Gasteiger partial charge in [0.05, 0.1) is 4.90 Å². The summed E-state index contributed by atoms with van der Waals surface area (Å²) in [6.45, 7) is 2.26.